The van der Waals surface area contributed by atoms with Gasteiger partial charge in [-0.05, 0) is 48.3 Å². The molecule has 0 saturated carbocycles. The first-order chi connectivity index (χ1) is 14.6. The lowest BCUT2D eigenvalue weighted by Crippen LogP contribution is -2.50. The van der Waals surface area contributed by atoms with E-state index in [9.17, 15) is 9.90 Å². The fourth-order valence-corrected chi connectivity index (χ4v) is 5.72. The van der Waals surface area contributed by atoms with Gasteiger partial charge < -0.3 is 5.11 Å². The number of nitrogens with zero attached hydrogens (tertiary/aromatic N) is 1. The van der Waals surface area contributed by atoms with Crippen molar-refractivity contribution in [2.24, 2.45) is 0 Å². The largest absolute Gasteiger partial charge is 0.459 e. The van der Waals surface area contributed by atoms with Gasteiger partial charge in [-0.1, -0.05) is 67.3 Å². The first kappa shape index (κ1) is 20.4. The van der Waals surface area contributed by atoms with Crippen LogP contribution in [0.1, 0.15) is 49.6 Å². The molecule has 3 nitrogen and oxygen atoms in total. The number of aromatic hydroxyl groups is 1. The molecule has 0 radical (unpaired) electrons. The van der Waals surface area contributed by atoms with Gasteiger partial charge in [0.1, 0.15) is 0 Å². The molecule has 1 aliphatic heterocycles. The molecule has 0 amide bonds. The summed E-state index contributed by atoms with van der Waals surface area (Å²) in [6.45, 7) is 2.93. The molecule has 0 spiro atoms. The Hall–Kier alpha value is -2.90. The normalized spacial score (nSPS) is 17.6. The molecule has 4 rings (SSSR count). The Morgan fingerprint density at radius 1 is 1.10 bits per heavy atom. The van der Waals surface area contributed by atoms with Crippen molar-refractivity contribution in [1.82, 2.24) is 0 Å². The van der Waals surface area contributed by atoms with E-state index in [0.29, 0.717) is 5.56 Å². The summed E-state index contributed by atoms with van der Waals surface area (Å²) >= 11 is 1.30. The highest BCUT2D eigenvalue weighted by Crippen LogP contribution is 2.41. The van der Waals surface area contributed by atoms with Crippen molar-refractivity contribution in [3.63, 3.8) is 0 Å². The average Bonchev–Trinajstić information content (AvgIpc) is 2.78. The highest BCUT2D eigenvalue weighted by molar-refractivity contribution is 7.09. The molecule has 1 aliphatic rings. The number of hydrogen-bond acceptors (Lipinski definition) is 3. The summed E-state index contributed by atoms with van der Waals surface area (Å²) in [6, 6.07) is 19.5. The van der Waals surface area contributed by atoms with Gasteiger partial charge in [-0.15, -0.1) is 0 Å². The van der Waals surface area contributed by atoms with Gasteiger partial charge in [0.2, 0.25) is 5.01 Å². The lowest BCUT2D eigenvalue weighted by atomic mass is 9.75. The van der Waals surface area contributed by atoms with Crippen LogP contribution in [0.4, 0.5) is 0 Å². The van der Waals surface area contributed by atoms with E-state index in [1.54, 1.807) is 0 Å². The average molecular weight is 417 g/mol. The summed E-state index contributed by atoms with van der Waals surface area (Å²) in [7, 11) is 0. The molecular formula is C26H26NO2S+. The number of aromatic nitrogens is 1. The molecule has 3 aromatic rings. The standard InChI is InChI=1S/C26H25NO2S/c1-2-26(17-10-9-14-20-12-5-3-6-13-20)18-11-19-27-23(28)22(24(29)30-25(26)27)21-15-7-4-8-16-21/h3-8,12-13,15-16H,2,10-11,17-19H2,1H3/p+1. The van der Waals surface area contributed by atoms with Crippen LogP contribution >= 0.6 is 11.3 Å². The van der Waals surface area contributed by atoms with Crippen molar-refractivity contribution >= 4 is 11.3 Å². The first-order valence-corrected chi connectivity index (χ1v) is 11.4. The van der Waals surface area contributed by atoms with Crippen molar-refractivity contribution in [2.75, 3.05) is 0 Å². The summed E-state index contributed by atoms with van der Waals surface area (Å²) in [5.41, 5.74) is 2.10. The third kappa shape index (κ3) is 3.91. The molecule has 2 aromatic carbocycles. The highest BCUT2D eigenvalue weighted by atomic mass is 32.1. The van der Waals surface area contributed by atoms with Crippen LogP contribution in [0.5, 0.6) is 5.88 Å². The fraction of sp³-hybridized carbons (Fsp3) is 0.308. The van der Waals surface area contributed by atoms with Gasteiger partial charge in [0.25, 0.3) is 4.74 Å². The van der Waals surface area contributed by atoms with E-state index in [-0.39, 0.29) is 16.0 Å². The minimum Gasteiger partial charge on any atom is -0.459 e. The van der Waals surface area contributed by atoms with Gasteiger partial charge in [-0.25, -0.2) is 0 Å². The molecule has 30 heavy (non-hydrogen) atoms. The monoisotopic (exact) mass is 416 g/mol. The predicted molar refractivity (Wildman–Crippen MR) is 122 cm³/mol. The number of hydrogen-bond donors (Lipinski definition) is 1. The van der Waals surface area contributed by atoms with Crippen LogP contribution in [0.3, 0.4) is 0 Å². The zero-order valence-corrected chi connectivity index (χ0v) is 18.0. The van der Waals surface area contributed by atoms with Gasteiger partial charge in [0.15, 0.2) is 12.1 Å². The smallest absolute Gasteiger partial charge is 0.379 e. The Labute approximate surface area is 181 Å². The first-order valence-electron chi connectivity index (χ1n) is 10.5. The summed E-state index contributed by atoms with van der Waals surface area (Å²) in [4.78, 5) is 13.0. The lowest BCUT2D eigenvalue weighted by molar-refractivity contribution is -0.715. The van der Waals surface area contributed by atoms with Gasteiger partial charge in [0.05, 0.1) is 5.41 Å². The number of rotatable bonds is 4. The van der Waals surface area contributed by atoms with E-state index in [1.165, 1.54) is 11.3 Å². The van der Waals surface area contributed by atoms with Crippen LogP contribution in [0.15, 0.2) is 65.5 Å². The van der Waals surface area contributed by atoms with E-state index in [4.69, 9.17) is 0 Å². The van der Waals surface area contributed by atoms with Crippen molar-refractivity contribution in [2.45, 2.75) is 51.0 Å². The third-order valence-corrected chi connectivity index (χ3v) is 7.32. The van der Waals surface area contributed by atoms with Crippen LogP contribution in [-0.2, 0) is 12.0 Å². The molecule has 0 bridgehead atoms. The highest BCUT2D eigenvalue weighted by Gasteiger charge is 2.44. The second-order valence-electron chi connectivity index (χ2n) is 7.82. The van der Waals surface area contributed by atoms with E-state index >= 15 is 0 Å². The maximum atomic E-state index is 13.0. The van der Waals surface area contributed by atoms with Crippen molar-refractivity contribution in [3.8, 4) is 28.8 Å². The topological polar surface area (TPSA) is 41.2 Å². The summed E-state index contributed by atoms with van der Waals surface area (Å²) < 4.78 is 1.91. The van der Waals surface area contributed by atoms with Crippen LogP contribution in [0.25, 0.3) is 11.1 Å². The summed E-state index contributed by atoms with van der Waals surface area (Å²) in [5.74, 6) is 6.65. The molecule has 0 saturated heterocycles. The number of fused-ring (bicyclic) bond motifs is 1. The van der Waals surface area contributed by atoms with Gasteiger partial charge in [0, 0.05) is 18.4 Å². The quantitative estimate of drug-likeness (QED) is 0.478. The Bertz CT molecular complexity index is 1140. The van der Waals surface area contributed by atoms with E-state index in [0.717, 1.165) is 54.8 Å². The Morgan fingerprint density at radius 2 is 1.80 bits per heavy atom. The molecule has 1 aromatic heterocycles. The second kappa shape index (κ2) is 8.85. The third-order valence-electron chi connectivity index (χ3n) is 6.08. The summed E-state index contributed by atoms with van der Waals surface area (Å²) in [6.07, 6.45) is 4.61. The second-order valence-corrected chi connectivity index (χ2v) is 8.78. The van der Waals surface area contributed by atoms with Gasteiger partial charge in [-0.3, -0.25) is 4.79 Å². The molecule has 1 atom stereocenters. The zero-order valence-electron chi connectivity index (χ0n) is 17.2. The van der Waals surface area contributed by atoms with E-state index < -0.39 is 0 Å². The van der Waals surface area contributed by atoms with E-state index in [1.807, 2.05) is 65.2 Å². The zero-order chi connectivity index (χ0) is 21.0. The molecule has 152 valence electrons. The van der Waals surface area contributed by atoms with Crippen molar-refractivity contribution in [3.05, 3.63) is 80.8 Å². The molecule has 0 aliphatic carbocycles. The van der Waals surface area contributed by atoms with Crippen LogP contribution in [0.2, 0.25) is 0 Å². The van der Waals surface area contributed by atoms with Crippen LogP contribution in [-0.4, -0.2) is 5.11 Å². The van der Waals surface area contributed by atoms with Crippen molar-refractivity contribution < 1.29 is 9.67 Å². The van der Waals surface area contributed by atoms with Crippen LogP contribution < -0.4 is 9.31 Å². The molecular weight excluding hydrogens is 390 g/mol. The Balaban J connectivity index is 1.68. The molecule has 4 heteroatoms. The van der Waals surface area contributed by atoms with Crippen molar-refractivity contribution in [1.29, 1.82) is 0 Å². The Kier molecular flexibility index (Phi) is 6.01. The maximum absolute atomic E-state index is 13.0. The van der Waals surface area contributed by atoms with E-state index in [2.05, 4.69) is 18.8 Å². The molecule has 2 heterocycles. The fourth-order valence-electron chi connectivity index (χ4n) is 4.38. The maximum Gasteiger partial charge on any atom is 0.379 e. The SMILES string of the molecule is CCC1(CCC#Cc2ccccc2)CCC[n+]2c1sc(=O)c(-c1ccccc1)c2O. The minimum absolute atomic E-state index is 0.0694. The van der Waals surface area contributed by atoms with Crippen LogP contribution in [0, 0.1) is 11.8 Å². The molecule has 1 N–H and O–H groups in total. The molecule has 0 fully saturated rings. The number of benzene rings is 2. The van der Waals surface area contributed by atoms with Gasteiger partial charge in [-0.2, -0.15) is 4.57 Å². The Morgan fingerprint density at radius 3 is 2.50 bits per heavy atom. The van der Waals surface area contributed by atoms with Gasteiger partial charge >= 0.3 is 5.88 Å². The molecule has 1 unspecified atom stereocenters. The minimum atomic E-state index is -0.111. The lowest BCUT2D eigenvalue weighted by Gasteiger charge is -2.32. The predicted octanol–water partition coefficient (Wildman–Crippen LogP) is 5.04. The summed E-state index contributed by atoms with van der Waals surface area (Å²) in [5, 5.41) is 12.1.